The zero-order valence-electron chi connectivity index (χ0n) is 10.6. The summed E-state index contributed by atoms with van der Waals surface area (Å²) < 4.78 is 7.06. The van der Waals surface area contributed by atoms with Crippen LogP contribution in [0, 0.1) is 0 Å². The molecule has 1 heterocycles. The Labute approximate surface area is 115 Å². The second kappa shape index (κ2) is 5.38. The van der Waals surface area contributed by atoms with Gasteiger partial charge < -0.3 is 10.1 Å². The molecule has 0 amide bonds. The molecule has 0 aliphatic rings. The van der Waals surface area contributed by atoms with Crippen LogP contribution in [0.2, 0.25) is 0 Å². The van der Waals surface area contributed by atoms with Crippen LogP contribution < -0.4 is 10.1 Å². The van der Waals surface area contributed by atoms with Crippen LogP contribution in [0.4, 0.5) is 0 Å². The topological polar surface area (TPSA) is 34.1 Å². The third-order valence-corrected chi connectivity index (χ3v) is 3.73. The molecule has 0 aliphatic carbocycles. The van der Waals surface area contributed by atoms with Gasteiger partial charge in [0.05, 0.1) is 10.2 Å². The predicted molar refractivity (Wildman–Crippen MR) is 78.9 cm³/mol. The lowest BCUT2D eigenvalue weighted by Crippen LogP contribution is -2.06. The van der Waals surface area contributed by atoms with Crippen LogP contribution in [-0.2, 0) is 6.54 Å². The van der Waals surface area contributed by atoms with Crippen molar-refractivity contribution in [1.82, 2.24) is 10.3 Å². The maximum absolute atomic E-state index is 5.91. The molecule has 1 aromatic heterocycles. The lowest BCUT2D eigenvalue weighted by molar-refractivity contribution is 0.472. The van der Waals surface area contributed by atoms with Crippen LogP contribution in [-0.4, -0.2) is 12.0 Å². The van der Waals surface area contributed by atoms with E-state index in [1.807, 2.05) is 43.4 Å². The molecule has 0 unspecified atom stereocenters. The van der Waals surface area contributed by atoms with Gasteiger partial charge >= 0.3 is 0 Å². The largest absolute Gasteiger partial charge is 0.431 e. The van der Waals surface area contributed by atoms with Crippen LogP contribution in [0.15, 0.2) is 48.5 Å². The van der Waals surface area contributed by atoms with Crippen molar-refractivity contribution in [3.63, 3.8) is 0 Å². The quantitative estimate of drug-likeness (QED) is 0.783. The van der Waals surface area contributed by atoms with E-state index in [2.05, 4.69) is 22.4 Å². The lowest BCUT2D eigenvalue weighted by Gasteiger charge is -2.07. The molecule has 0 bridgehead atoms. The van der Waals surface area contributed by atoms with Gasteiger partial charge in [0.1, 0.15) is 5.75 Å². The highest BCUT2D eigenvalue weighted by atomic mass is 32.1. The molecule has 96 valence electrons. The summed E-state index contributed by atoms with van der Waals surface area (Å²) in [6.45, 7) is 0.779. The molecule has 19 heavy (non-hydrogen) atoms. The Bertz CT molecular complexity index is 660. The number of hydrogen-bond donors (Lipinski definition) is 1. The second-order valence-corrected chi connectivity index (χ2v) is 5.18. The van der Waals surface area contributed by atoms with Gasteiger partial charge in [-0.2, -0.15) is 0 Å². The molecule has 0 saturated carbocycles. The number of nitrogens with zero attached hydrogens (tertiary/aromatic N) is 1. The van der Waals surface area contributed by atoms with Gasteiger partial charge in [0, 0.05) is 12.1 Å². The minimum absolute atomic E-state index is 0.685. The Balaban J connectivity index is 1.92. The molecule has 3 rings (SSSR count). The predicted octanol–water partition coefficient (Wildman–Crippen LogP) is 3.81. The van der Waals surface area contributed by atoms with Crippen molar-refractivity contribution >= 4 is 21.6 Å². The third kappa shape index (κ3) is 2.59. The molecule has 0 spiro atoms. The SMILES string of the molecule is CNCc1ccccc1Oc1nc2ccccc2s1. The average Bonchev–Trinajstić information content (AvgIpc) is 2.83. The number of thiazole rings is 1. The summed E-state index contributed by atoms with van der Waals surface area (Å²) in [5.74, 6) is 0.857. The van der Waals surface area contributed by atoms with Crippen molar-refractivity contribution in [3.8, 4) is 10.9 Å². The van der Waals surface area contributed by atoms with E-state index < -0.39 is 0 Å². The molecular formula is C15H14N2OS. The molecule has 4 heteroatoms. The Morgan fingerprint density at radius 2 is 1.89 bits per heavy atom. The second-order valence-electron chi connectivity index (χ2n) is 4.19. The summed E-state index contributed by atoms with van der Waals surface area (Å²) in [4.78, 5) is 4.49. The number of ether oxygens (including phenoxy) is 1. The maximum atomic E-state index is 5.91. The third-order valence-electron chi connectivity index (χ3n) is 2.81. The minimum Gasteiger partial charge on any atom is -0.431 e. The zero-order chi connectivity index (χ0) is 13.1. The Hall–Kier alpha value is -1.91. The number of fused-ring (bicyclic) bond motifs is 1. The van der Waals surface area contributed by atoms with E-state index >= 15 is 0 Å². The van der Waals surface area contributed by atoms with Crippen molar-refractivity contribution in [2.45, 2.75) is 6.54 Å². The van der Waals surface area contributed by atoms with Crippen molar-refractivity contribution in [2.24, 2.45) is 0 Å². The fourth-order valence-electron chi connectivity index (χ4n) is 1.93. The Morgan fingerprint density at radius 3 is 2.74 bits per heavy atom. The molecule has 2 aromatic carbocycles. The van der Waals surface area contributed by atoms with Crippen molar-refractivity contribution < 1.29 is 4.74 Å². The molecule has 0 atom stereocenters. The first-order chi connectivity index (χ1) is 9.36. The molecule has 3 aromatic rings. The highest BCUT2D eigenvalue weighted by molar-refractivity contribution is 7.20. The molecule has 1 N–H and O–H groups in total. The number of para-hydroxylation sites is 2. The summed E-state index contributed by atoms with van der Waals surface area (Å²) >= 11 is 1.57. The average molecular weight is 270 g/mol. The van der Waals surface area contributed by atoms with Gasteiger partial charge in [-0.1, -0.05) is 41.7 Å². The summed E-state index contributed by atoms with van der Waals surface area (Å²) in [6.07, 6.45) is 0. The highest BCUT2D eigenvalue weighted by Gasteiger charge is 2.08. The first-order valence-electron chi connectivity index (χ1n) is 6.13. The highest BCUT2D eigenvalue weighted by Crippen LogP contribution is 2.32. The van der Waals surface area contributed by atoms with Gasteiger partial charge in [0.25, 0.3) is 5.19 Å². The Kier molecular flexibility index (Phi) is 3.44. The van der Waals surface area contributed by atoms with Crippen molar-refractivity contribution in [2.75, 3.05) is 7.05 Å². The van der Waals surface area contributed by atoms with Gasteiger partial charge in [0.15, 0.2) is 0 Å². The van der Waals surface area contributed by atoms with Gasteiger partial charge in [-0.05, 0) is 25.2 Å². The number of benzene rings is 2. The summed E-state index contributed by atoms with van der Waals surface area (Å²) in [7, 11) is 1.93. The number of rotatable bonds is 4. The maximum Gasteiger partial charge on any atom is 0.279 e. The minimum atomic E-state index is 0.685. The van der Waals surface area contributed by atoms with Gasteiger partial charge in [-0.3, -0.25) is 0 Å². The summed E-state index contributed by atoms with van der Waals surface area (Å²) in [6, 6.07) is 16.1. The molecule has 0 fully saturated rings. The number of hydrogen-bond acceptors (Lipinski definition) is 4. The molecule has 0 radical (unpaired) electrons. The molecule has 0 aliphatic heterocycles. The van der Waals surface area contributed by atoms with Gasteiger partial charge in [-0.25, -0.2) is 4.98 Å². The number of aromatic nitrogens is 1. The van der Waals surface area contributed by atoms with E-state index in [1.165, 1.54) is 0 Å². The fourth-order valence-corrected chi connectivity index (χ4v) is 2.76. The van der Waals surface area contributed by atoms with Crippen LogP contribution in [0.1, 0.15) is 5.56 Å². The molecular weight excluding hydrogens is 256 g/mol. The fraction of sp³-hybridized carbons (Fsp3) is 0.133. The smallest absolute Gasteiger partial charge is 0.279 e. The standard InChI is InChI=1S/C15H14N2OS/c1-16-10-11-6-2-4-8-13(11)18-15-17-12-7-3-5-9-14(12)19-15/h2-9,16H,10H2,1H3. The zero-order valence-corrected chi connectivity index (χ0v) is 11.4. The molecule has 3 nitrogen and oxygen atoms in total. The lowest BCUT2D eigenvalue weighted by atomic mass is 10.2. The van der Waals surface area contributed by atoms with E-state index in [9.17, 15) is 0 Å². The first-order valence-corrected chi connectivity index (χ1v) is 6.94. The van der Waals surface area contributed by atoms with Gasteiger partial charge in [0.2, 0.25) is 0 Å². The van der Waals surface area contributed by atoms with Crippen LogP contribution in [0.3, 0.4) is 0 Å². The normalized spacial score (nSPS) is 10.8. The van der Waals surface area contributed by atoms with E-state index in [-0.39, 0.29) is 0 Å². The van der Waals surface area contributed by atoms with Gasteiger partial charge in [-0.15, -0.1) is 0 Å². The van der Waals surface area contributed by atoms with E-state index in [1.54, 1.807) is 11.3 Å². The van der Waals surface area contributed by atoms with Crippen molar-refractivity contribution in [3.05, 3.63) is 54.1 Å². The van der Waals surface area contributed by atoms with Crippen molar-refractivity contribution in [1.29, 1.82) is 0 Å². The monoisotopic (exact) mass is 270 g/mol. The first kappa shape index (κ1) is 12.1. The van der Waals surface area contributed by atoms with Crippen LogP contribution in [0.5, 0.6) is 10.9 Å². The van der Waals surface area contributed by atoms with E-state index in [0.717, 1.165) is 28.1 Å². The van der Waals surface area contributed by atoms with E-state index in [0.29, 0.717) is 5.19 Å². The summed E-state index contributed by atoms with van der Waals surface area (Å²) in [5, 5.41) is 3.82. The summed E-state index contributed by atoms with van der Waals surface area (Å²) in [5.41, 5.74) is 2.11. The van der Waals surface area contributed by atoms with E-state index in [4.69, 9.17) is 4.74 Å². The molecule has 0 saturated heterocycles. The van der Waals surface area contributed by atoms with Crippen LogP contribution in [0.25, 0.3) is 10.2 Å². The Morgan fingerprint density at radius 1 is 1.11 bits per heavy atom. The van der Waals surface area contributed by atoms with Crippen LogP contribution >= 0.6 is 11.3 Å². The number of nitrogens with one attached hydrogen (secondary N) is 1.